The second-order valence-corrected chi connectivity index (χ2v) is 8.26. The first kappa shape index (κ1) is 15.9. The summed E-state index contributed by atoms with van der Waals surface area (Å²) in [4.78, 5) is 1.44. The number of hydrogen-bond donors (Lipinski definition) is 1. The fraction of sp³-hybridized carbons (Fsp3) is 0.692. The van der Waals surface area contributed by atoms with Crippen LogP contribution >= 0.6 is 11.3 Å². The van der Waals surface area contributed by atoms with Crippen molar-refractivity contribution in [2.24, 2.45) is 0 Å². The summed E-state index contributed by atoms with van der Waals surface area (Å²) in [5, 5.41) is 5.02. The lowest BCUT2D eigenvalue weighted by Crippen LogP contribution is -2.44. The highest BCUT2D eigenvalue weighted by atomic mass is 32.2. The van der Waals surface area contributed by atoms with E-state index in [2.05, 4.69) is 19.2 Å². The number of nitrogens with one attached hydrogen (secondary N) is 1. The Labute approximate surface area is 125 Å². The van der Waals surface area contributed by atoms with Gasteiger partial charge in [0, 0.05) is 35.9 Å². The first-order chi connectivity index (χ1) is 9.39. The van der Waals surface area contributed by atoms with Crippen molar-refractivity contribution in [2.45, 2.75) is 44.4 Å². The third-order valence-corrected chi connectivity index (χ3v) is 6.08. The van der Waals surface area contributed by atoms with Crippen molar-refractivity contribution in [1.82, 2.24) is 9.62 Å². The zero-order valence-electron chi connectivity index (χ0n) is 12.1. The van der Waals surface area contributed by atoms with Crippen LogP contribution in [0.25, 0.3) is 0 Å². The Balaban J connectivity index is 2.09. The van der Waals surface area contributed by atoms with Crippen LogP contribution in [0.5, 0.6) is 0 Å². The number of rotatable bonds is 5. The van der Waals surface area contributed by atoms with Crippen molar-refractivity contribution >= 4 is 21.4 Å². The van der Waals surface area contributed by atoms with Gasteiger partial charge in [-0.1, -0.05) is 13.8 Å². The van der Waals surface area contributed by atoms with Gasteiger partial charge in [0.2, 0.25) is 10.0 Å². The Hall–Kier alpha value is -0.470. The molecule has 1 N–H and O–H groups in total. The van der Waals surface area contributed by atoms with Crippen molar-refractivity contribution in [3.8, 4) is 0 Å². The zero-order chi connectivity index (χ0) is 14.8. The third-order valence-electron chi connectivity index (χ3n) is 3.16. The molecule has 0 saturated carbocycles. The molecule has 0 spiro atoms. The van der Waals surface area contributed by atoms with Crippen molar-refractivity contribution in [2.75, 3.05) is 19.7 Å². The van der Waals surface area contributed by atoms with Crippen molar-refractivity contribution < 1.29 is 13.2 Å². The molecule has 0 aromatic carbocycles. The molecule has 1 aromatic rings. The minimum absolute atomic E-state index is 0.0424. The summed E-state index contributed by atoms with van der Waals surface area (Å²) >= 11 is 1.48. The molecule has 1 aliphatic heterocycles. The molecule has 1 aromatic heterocycles. The molecule has 0 aliphatic carbocycles. The maximum Gasteiger partial charge on any atom is 0.244 e. The van der Waals surface area contributed by atoms with Gasteiger partial charge in [-0.25, -0.2) is 8.42 Å². The quantitative estimate of drug-likeness (QED) is 0.897. The van der Waals surface area contributed by atoms with E-state index in [0.717, 1.165) is 4.88 Å². The molecule has 0 radical (unpaired) electrons. The molecule has 114 valence electrons. The Kier molecular flexibility index (Phi) is 5.19. The Morgan fingerprint density at radius 1 is 1.55 bits per heavy atom. The van der Waals surface area contributed by atoms with Gasteiger partial charge in [0.15, 0.2) is 0 Å². The van der Waals surface area contributed by atoms with Crippen LogP contribution in [-0.4, -0.2) is 44.6 Å². The smallest absolute Gasteiger partial charge is 0.244 e. The molecule has 7 heteroatoms. The summed E-state index contributed by atoms with van der Waals surface area (Å²) in [7, 11) is -3.38. The van der Waals surface area contributed by atoms with Crippen LogP contribution in [0.1, 0.15) is 25.6 Å². The van der Waals surface area contributed by atoms with Crippen LogP contribution in [0.15, 0.2) is 16.3 Å². The van der Waals surface area contributed by atoms with Gasteiger partial charge in [0.05, 0.1) is 17.6 Å². The topological polar surface area (TPSA) is 58.6 Å². The second kappa shape index (κ2) is 6.53. The van der Waals surface area contributed by atoms with Gasteiger partial charge in [0.1, 0.15) is 0 Å². The lowest BCUT2D eigenvalue weighted by molar-refractivity contribution is 0.0102. The summed E-state index contributed by atoms with van der Waals surface area (Å²) in [5.74, 6) is 0. The van der Waals surface area contributed by atoms with Crippen molar-refractivity contribution in [1.29, 1.82) is 0 Å². The minimum atomic E-state index is -3.38. The predicted octanol–water partition coefficient (Wildman–Crippen LogP) is 1.66. The lowest BCUT2D eigenvalue weighted by Gasteiger charge is -2.29. The van der Waals surface area contributed by atoms with Gasteiger partial charge in [-0.15, -0.1) is 11.3 Å². The van der Waals surface area contributed by atoms with E-state index in [9.17, 15) is 8.42 Å². The molecule has 1 aliphatic rings. The fourth-order valence-electron chi connectivity index (χ4n) is 2.05. The maximum absolute atomic E-state index is 12.5. The largest absolute Gasteiger partial charge is 0.376 e. The SMILES string of the molecule is CC(C)NCc1cc(S(=O)(=O)N2CCOC(C)C2)cs1. The highest BCUT2D eigenvalue weighted by Crippen LogP contribution is 2.24. The van der Waals surface area contributed by atoms with Crippen LogP contribution < -0.4 is 5.32 Å². The first-order valence-corrected chi connectivity index (χ1v) is 9.14. The molecule has 1 fully saturated rings. The average Bonchev–Trinajstić information content (AvgIpc) is 2.86. The number of sulfonamides is 1. The molecule has 5 nitrogen and oxygen atoms in total. The first-order valence-electron chi connectivity index (χ1n) is 6.82. The van der Waals surface area contributed by atoms with E-state index >= 15 is 0 Å². The number of morpholine rings is 1. The van der Waals surface area contributed by atoms with Crippen LogP contribution in [0.3, 0.4) is 0 Å². The standard InChI is InChI=1S/C13H22N2O3S2/c1-10(2)14-7-12-6-13(9-19-12)20(16,17)15-4-5-18-11(3)8-15/h6,9-11,14H,4-5,7-8H2,1-3H3. The zero-order valence-corrected chi connectivity index (χ0v) is 13.8. The third kappa shape index (κ3) is 3.79. The summed E-state index contributed by atoms with van der Waals surface area (Å²) in [6.45, 7) is 8.07. The summed E-state index contributed by atoms with van der Waals surface area (Å²) in [5.41, 5.74) is 0. The molecule has 0 amide bonds. The molecule has 0 bridgehead atoms. The minimum Gasteiger partial charge on any atom is -0.376 e. The van der Waals surface area contributed by atoms with Gasteiger partial charge in [0.25, 0.3) is 0 Å². The van der Waals surface area contributed by atoms with E-state index in [-0.39, 0.29) is 6.10 Å². The summed E-state index contributed by atoms with van der Waals surface area (Å²) in [6.07, 6.45) is -0.0424. The Morgan fingerprint density at radius 3 is 2.95 bits per heavy atom. The van der Waals surface area contributed by atoms with E-state index in [0.29, 0.717) is 37.2 Å². The maximum atomic E-state index is 12.5. The fourth-order valence-corrected chi connectivity index (χ4v) is 4.76. The van der Waals surface area contributed by atoms with Gasteiger partial charge in [-0.3, -0.25) is 0 Å². The summed E-state index contributed by atoms with van der Waals surface area (Å²) in [6, 6.07) is 2.16. The van der Waals surface area contributed by atoms with Crippen molar-refractivity contribution in [3.05, 3.63) is 16.3 Å². The molecule has 1 atom stereocenters. The molecule has 1 saturated heterocycles. The summed E-state index contributed by atoms with van der Waals surface area (Å²) < 4.78 is 32.0. The van der Waals surface area contributed by atoms with Crippen LogP contribution in [0.2, 0.25) is 0 Å². The molecule has 1 unspecified atom stereocenters. The van der Waals surface area contributed by atoms with E-state index in [1.807, 2.05) is 6.92 Å². The molecule has 2 heterocycles. The highest BCUT2D eigenvalue weighted by molar-refractivity contribution is 7.89. The van der Waals surface area contributed by atoms with Gasteiger partial charge in [-0.2, -0.15) is 4.31 Å². The molecule has 2 rings (SSSR count). The molecule has 20 heavy (non-hydrogen) atoms. The van der Waals surface area contributed by atoms with E-state index in [1.54, 1.807) is 11.4 Å². The normalized spacial score (nSPS) is 21.5. The average molecular weight is 318 g/mol. The van der Waals surface area contributed by atoms with Crippen LogP contribution in [0, 0.1) is 0 Å². The number of nitrogens with zero attached hydrogens (tertiary/aromatic N) is 1. The Bertz CT molecular complexity index is 540. The van der Waals surface area contributed by atoms with E-state index in [1.165, 1.54) is 15.6 Å². The monoisotopic (exact) mass is 318 g/mol. The number of hydrogen-bond acceptors (Lipinski definition) is 5. The van der Waals surface area contributed by atoms with Gasteiger partial charge < -0.3 is 10.1 Å². The van der Waals surface area contributed by atoms with Crippen molar-refractivity contribution in [3.63, 3.8) is 0 Å². The van der Waals surface area contributed by atoms with E-state index in [4.69, 9.17) is 4.74 Å². The Morgan fingerprint density at radius 2 is 2.30 bits per heavy atom. The van der Waals surface area contributed by atoms with Gasteiger partial charge in [-0.05, 0) is 13.0 Å². The highest BCUT2D eigenvalue weighted by Gasteiger charge is 2.29. The van der Waals surface area contributed by atoms with Crippen LogP contribution in [0.4, 0.5) is 0 Å². The second-order valence-electron chi connectivity index (χ2n) is 5.33. The number of ether oxygens (including phenoxy) is 1. The van der Waals surface area contributed by atoms with E-state index < -0.39 is 10.0 Å². The van der Waals surface area contributed by atoms with Gasteiger partial charge >= 0.3 is 0 Å². The number of thiophene rings is 1. The predicted molar refractivity (Wildman–Crippen MR) is 80.5 cm³/mol. The lowest BCUT2D eigenvalue weighted by atomic mass is 10.3. The molecular formula is C13H22N2O3S2. The molecular weight excluding hydrogens is 296 g/mol. The van der Waals surface area contributed by atoms with Crippen LogP contribution in [-0.2, 0) is 21.3 Å².